The molecule has 0 saturated carbocycles. The van der Waals surface area contributed by atoms with Crippen molar-refractivity contribution in [2.75, 3.05) is 25.5 Å². The molecular formula is C12H17F2N3O. The van der Waals surface area contributed by atoms with Crippen LogP contribution in [-0.4, -0.2) is 37.4 Å². The minimum absolute atomic E-state index is 0.0801. The number of likely N-dealkylation sites (N-methyl/N-ethyl adjacent to an activating group) is 1. The Kier molecular flexibility index (Phi) is 5.67. The van der Waals surface area contributed by atoms with Crippen LogP contribution in [0.1, 0.15) is 5.56 Å². The van der Waals surface area contributed by atoms with Crippen molar-refractivity contribution >= 4 is 11.6 Å². The van der Waals surface area contributed by atoms with E-state index in [0.29, 0.717) is 12.2 Å². The van der Waals surface area contributed by atoms with Crippen molar-refractivity contribution in [1.29, 1.82) is 0 Å². The number of anilines is 1. The summed E-state index contributed by atoms with van der Waals surface area (Å²) in [5, 5.41) is 2.66. The molecule has 0 aliphatic carbocycles. The van der Waals surface area contributed by atoms with Crippen LogP contribution in [0.5, 0.6) is 0 Å². The first-order valence-electron chi connectivity index (χ1n) is 5.57. The van der Waals surface area contributed by atoms with Gasteiger partial charge in [-0.15, -0.1) is 0 Å². The molecule has 3 N–H and O–H groups in total. The fraction of sp³-hybridized carbons (Fsp3) is 0.417. The molecule has 0 aliphatic rings. The van der Waals surface area contributed by atoms with E-state index < -0.39 is 13.0 Å². The lowest BCUT2D eigenvalue weighted by molar-refractivity contribution is -0.117. The van der Waals surface area contributed by atoms with Gasteiger partial charge in [0.25, 0.3) is 6.43 Å². The first kappa shape index (κ1) is 14.5. The summed E-state index contributed by atoms with van der Waals surface area (Å²) in [6.45, 7) is -0.196. The van der Waals surface area contributed by atoms with E-state index in [9.17, 15) is 13.6 Å². The van der Waals surface area contributed by atoms with Gasteiger partial charge in [-0.2, -0.15) is 0 Å². The van der Waals surface area contributed by atoms with E-state index in [1.54, 1.807) is 18.2 Å². The van der Waals surface area contributed by atoms with Gasteiger partial charge in [0.2, 0.25) is 5.91 Å². The molecule has 0 bridgehead atoms. The third-order valence-corrected chi connectivity index (χ3v) is 2.37. The lowest BCUT2D eigenvalue weighted by Gasteiger charge is -2.16. The number of nitrogens with one attached hydrogen (secondary N) is 1. The molecule has 1 aromatic carbocycles. The van der Waals surface area contributed by atoms with Crippen LogP contribution in [-0.2, 0) is 11.3 Å². The summed E-state index contributed by atoms with van der Waals surface area (Å²) in [6.07, 6.45) is -2.45. The predicted octanol–water partition coefficient (Wildman–Crippen LogP) is 1.28. The van der Waals surface area contributed by atoms with Gasteiger partial charge >= 0.3 is 0 Å². The molecule has 0 spiro atoms. The Balaban J connectivity index is 2.54. The molecule has 0 heterocycles. The van der Waals surface area contributed by atoms with Gasteiger partial charge in [-0.25, -0.2) is 8.78 Å². The molecule has 0 fully saturated rings. The van der Waals surface area contributed by atoms with Crippen molar-refractivity contribution in [3.05, 3.63) is 29.8 Å². The quantitative estimate of drug-likeness (QED) is 0.807. The zero-order valence-electron chi connectivity index (χ0n) is 10.2. The second kappa shape index (κ2) is 7.03. The summed E-state index contributed by atoms with van der Waals surface area (Å²) >= 11 is 0. The molecule has 100 valence electrons. The third-order valence-electron chi connectivity index (χ3n) is 2.37. The van der Waals surface area contributed by atoms with Gasteiger partial charge in [-0.1, -0.05) is 18.2 Å². The topological polar surface area (TPSA) is 58.4 Å². The minimum Gasteiger partial charge on any atom is -0.326 e. The second-order valence-corrected chi connectivity index (χ2v) is 4.00. The zero-order chi connectivity index (χ0) is 13.5. The van der Waals surface area contributed by atoms with Crippen molar-refractivity contribution in [2.45, 2.75) is 13.0 Å². The zero-order valence-corrected chi connectivity index (χ0v) is 10.2. The van der Waals surface area contributed by atoms with Crippen LogP contribution in [0, 0.1) is 0 Å². The van der Waals surface area contributed by atoms with Crippen molar-refractivity contribution in [3.8, 4) is 0 Å². The summed E-state index contributed by atoms with van der Waals surface area (Å²) in [7, 11) is 1.47. The summed E-state index contributed by atoms with van der Waals surface area (Å²) in [6, 6.07) is 7.13. The number of rotatable bonds is 6. The van der Waals surface area contributed by atoms with E-state index in [4.69, 9.17) is 5.73 Å². The Bertz CT molecular complexity index is 399. The summed E-state index contributed by atoms with van der Waals surface area (Å²) in [4.78, 5) is 12.9. The first-order valence-corrected chi connectivity index (χ1v) is 5.57. The van der Waals surface area contributed by atoms with E-state index in [2.05, 4.69) is 5.32 Å². The lowest BCUT2D eigenvalue weighted by atomic mass is 10.2. The minimum atomic E-state index is -2.45. The van der Waals surface area contributed by atoms with Crippen LogP contribution >= 0.6 is 0 Å². The third kappa shape index (κ3) is 4.77. The van der Waals surface area contributed by atoms with Gasteiger partial charge in [-0.3, -0.25) is 9.69 Å². The molecule has 0 radical (unpaired) electrons. The number of hydrogen-bond donors (Lipinski definition) is 2. The van der Waals surface area contributed by atoms with E-state index >= 15 is 0 Å². The van der Waals surface area contributed by atoms with E-state index in [1.807, 2.05) is 6.07 Å². The molecule has 1 rings (SSSR count). The maximum absolute atomic E-state index is 12.1. The number of hydrogen-bond acceptors (Lipinski definition) is 3. The summed E-state index contributed by atoms with van der Waals surface area (Å²) in [5.41, 5.74) is 6.96. The number of nitrogens with two attached hydrogens (primary N) is 1. The Morgan fingerprint density at radius 2 is 2.11 bits per heavy atom. The van der Waals surface area contributed by atoms with E-state index in [1.165, 1.54) is 11.9 Å². The molecule has 0 atom stereocenters. The van der Waals surface area contributed by atoms with Crippen LogP contribution in [0.2, 0.25) is 0 Å². The van der Waals surface area contributed by atoms with Gasteiger partial charge in [0.05, 0.1) is 13.1 Å². The fourth-order valence-electron chi connectivity index (χ4n) is 1.56. The molecule has 0 aliphatic heterocycles. The van der Waals surface area contributed by atoms with Gasteiger partial charge in [-0.05, 0) is 18.7 Å². The number of carbonyl (C=O) groups is 1. The normalized spacial score (nSPS) is 11.0. The highest BCUT2D eigenvalue weighted by atomic mass is 19.3. The van der Waals surface area contributed by atoms with E-state index in [-0.39, 0.29) is 12.5 Å². The maximum Gasteiger partial charge on any atom is 0.251 e. The molecule has 6 heteroatoms. The Morgan fingerprint density at radius 1 is 1.44 bits per heavy atom. The SMILES string of the molecule is CN(CC(=O)Nc1ccccc1CN)CC(F)F. The monoisotopic (exact) mass is 257 g/mol. The molecule has 18 heavy (non-hydrogen) atoms. The van der Waals surface area contributed by atoms with Crippen LogP contribution in [0.3, 0.4) is 0 Å². The van der Waals surface area contributed by atoms with Crippen molar-refractivity contribution in [3.63, 3.8) is 0 Å². The highest BCUT2D eigenvalue weighted by molar-refractivity contribution is 5.92. The van der Waals surface area contributed by atoms with Crippen LogP contribution in [0.4, 0.5) is 14.5 Å². The van der Waals surface area contributed by atoms with E-state index in [0.717, 1.165) is 5.56 Å². The highest BCUT2D eigenvalue weighted by Gasteiger charge is 2.12. The first-order chi connectivity index (χ1) is 8.52. The molecule has 4 nitrogen and oxygen atoms in total. The molecule has 1 aromatic rings. The average Bonchev–Trinajstić information content (AvgIpc) is 2.28. The standard InChI is InChI=1S/C12H17F2N3O/c1-17(7-11(13)14)8-12(18)16-10-5-3-2-4-9(10)6-15/h2-5,11H,6-8,15H2,1H3,(H,16,18). The largest absolute Gasteiger partial charge is 0.326 e. The van der Waals surface area contributed by atoms with Crippen LogP contribution in [0.25, 0.3) is 0 Å². The van der Waals surface area contributed by atoms with Crippen molar-refractivity contribution < 1.29 is 13.6 Å². The Labute approximate surface area is 105 Å². The van der Waals surface area contributed by atoms with Gasteiger partial charge in [0.1, 0.15) is 0 Å². The number of amides is 1. The van der Waals surface area contributed by atoms with Gasteiger partial charge < -0.3 is 11.1 Å². The number of carbonyl (C=O) groups excluding carboxylic acids is 1. The lowest BCUT2D eigenvalue weighted by Crippen LogP contribution is -2.33. The number of nitrogens with zero attached hydrogens (tertiary/aromatic N) is 1. The van der Waals surface area contributed by atoms with Crippen molar-refractivity contribution in [1.82, 2.24) is 4.90 Å². The summed E-state index contributed by atoms with van der Waals surface area (Å²) < 4.78 is 24.2. The molecule has 0 unspecified atom stereocenters. The molecular weight excluding hydrogens is 240 g/mol. The van der Waals surface area contributed by atoms with Gasteiger partial charge in [0, 0.05) is 12.2 Å². The number of alkyl halides is 2. The number of para-hydroxylation sites is 1. The van der Waals surface area contributed by atoms with Gasteiger partial charge in [0.15, 0.2) is 0 Å². The second-order valence-electron chi connectivity index (χ2n) is 4.00. The molecule has 0 saturated heterocycles. The average molecular weight is 257 g/mol. The highest BCUT2D eigenvalue weighted by Crippen LogP contribution is 2.13. The Hall–Kier alpha value is -1.53. The number of halogens is 2. The van der Waals surface area contributed by atoms with Crippen LogP contribution < -0.4 is 11.1 Å². The molecule has 1 amide bonds. The summed E-state index contributed by atoms with van der Waals surface area (Å²) in [5.74, 6) is -0.334. The van der Waals surface area contributed by atoms with Crippen molar-refractivity contribution in [2.24, 2.45) is 5.73 Å². The smallest absolute Gasteiger partial charge is 0.251 e. The van der Waals surface area contributed by atoms with Crippen LogP contribution in [0.15, 0.2) is 24.3 Å². The fourth-order valence-corrected chi connectivity index (χ4v) is 1.56. The molecule has 0 aromatic heterocycles. The number of benzene rings is 1. The predicted molar refractivity (Wildman–Crippen MR) is 66.5 cm³/mol. The Morgan fingerprint density at radius 3 is 2.72 bits per heavy atom. The maximum atomic E-state index is 12.1.